The van der Waals surface area contributed by atoms with Crippen LogP contribution in [0.25, 0.3) is 11.4 Å². The minimum atomic E-state index is -0.279. The van der Waals surface area contributed by atoms with Gasteiger partial charge in [-0.05, 0) is 35.6 Å². The molecule has 0 aliphatic carbocycles. The zero-order chi connectivity index (χ0) is 22.8. The summed E-state index contributed by atoms with van der Waals surface area (Å²) >= 11 is 1.60. The van der Waals surface area contributed by atoms with Gasteiger partial charge in [0.05, 0.1) is 12.5 Å². The number of thiophene rings is 1. The number of benzene rings is 1. The topological polar surface area (TPSA) is 82.8 Å². The third-order valence-corrected chi connectivity index (χ3v) is 7.08. The molecule has 0 saturated carbocycles. The molecule has 1 unspecified atom stereocenters. The molecule has 33 heavy (non-hydrogen) atoms. The van der Waals surface area contributed by atoms with Gasteiger partial charge in [0.1, 0.15) is 0 Å². The van der Waals surface area contributed by atoms with Gasteiger partial charge in [-0.3, -0.25) is 14.5 Å². The summed E-state index contributed by atoms with van der Waals surface area (Å²) in [4.78, 5) is 36.1. The predicted octanol–water partition coefficient (Wildman–Crippen LogP) is 3.06. The zero-order valence-electron chi connectivity index (χ0n) is 18.6. The van der Waals surface area contributed by atoms with Crippen LogP contribution < -0.4 is 4.90 Å². The summed E-state index contributed by atoms with van der Waals surface area (Å²) in [5.41, 5.74) is 3.04. The number of aromatic nitrogens is 2. The van der Waals surface area contributed by atoms with Crippen LogP contribution in [0.15, 0.2) is 45.6 Å². The maximum Gasteiger partial charge on any atom is 0.241 e. The molecule has 3 aromatic rings. The van der Waals surface area contributed by atoms with Gasteiger partial charge in [-0.1, -0.05) is 24.2 Å². The molecule has 4 heterocycles. The van der Waals surface area contributed by atoms with Crippen molar-refractivity contribution in [1.82, 2.24) is 19.9 Å². The number of hydrogen-bond donors (Lipinski definition) is 0. The minimum Gasteiger partial charge on any atom is -0.340 e. The van der Waals surface area contributed by atoms with E-state index >= 15 is 0 Å². The molecule has 172 valence electrons. The monoisotopic (exact) mass is 465 g/mol. The second-order valence-corrected chi connectivity index (χ2v) is 9.33. The molecule has 0 N–H and O–H groups in total. The van der Waals surface area contributed by atoms with Crippen molar-refractivity contribution in [2.75, 3.05) is 37.6 Å². The van der Waals surface area contributed by atoms with Gasteiger partial charge in [0.15, 0.2) is 0 Å². The SMILES string of the molecule is CCc1cccc(N2CC(C(=O)N3CCN(Cc4nc(-c5ccsc5)no4)CC3)CC2=O)c1. The first-order valence-electron chi connectivity index (χ1n) is 11.4. The second-order valence-electron chi connectivity index (χ2n) is 8.55. The molecule has 0 radical (unpaired) electrons. The zero-order valence-corrected chi connectivity index (χ0v) is 19.5. The first-order chi connectivity index (χ1) is 16.1. The van der Waals surface area contributed by atoms with E-state index in [-0.39, 0.29) is 24.2 Å². The second kappa shape index (κ2) is 9.44. The number of rotatable bonds is 6. The molecule has 5 rings (SSSR count). The maximum atomic E-state index is 13.1. The average Bonchev–Trinajstić information content (AvgIpc) is 3.60. The highest BCUT2D eigenvalue weighted by atomic mass is 32.1. The maximum absolute atomic E-state index is 13.1. The molecule has 0 spiro atoms. The highest BCUT2D eigenvalue weighted by molar-refractivity contribution is 7.08. The minimum absolute atomic E-state index is 0.0260. The van der Waals surface area contributed by atoms with Crippen LogP contribution in [0.3, 0.4) is 0 Å². The lowest BCUT2D eigenvalue weighted by Crippen LogP contribution is -2.50. The molecule has 8 nitrogen and oxygen atoms in total. The Hall–Kier alpha value is -3.04. The van der Waals surface area contributed by atoms with E-state index in [4.69, 9.17) is 4.52 Å². The Morgan fingerprint density at radius 3 is 2.82 bits per heavy atom. The van der Waals surface area contributed by atoms with Gasteiger partial charge in [0, 0.05) is 55.8 Å². The molecule has 2 amide bonds. The van der Waals surface area contributed by atoms with Gasteiger partial charge in [-0.15, -0.1) is 0 Å². The average molecular weight is 466 g/mol. The Morgan fingerprint density at radius 2 is 2.06 bits per heavy atom. The number of carbonyl (C=O) groups is 2. The summed E-state index contributed by atoms with van der Waals surface area (Å²) in [5, 5.41) is 8.04. The molecular formula is C24H27N5O3S. The van der Waals surface area contributed by atoms with E-state index in [1.165, 1.54) is 5.56 Å². The summed E-state index contributed by atoms with van der Waals surface area (Å²) in [6.07, 6.45) is 1.20. The summed E-state index contributed by atoms with van der Waals surface area (Å²) in [6, 6.07) is 10.00. The van der Waals surface area contributed by atoms with Crippen molar-refractivity contribution in [1.29, 1.82) is 0 Å². The molecule has 1 atom stereocenters. The van der Waals surface area contributed by atoms with Gasteiger partial charge < -0.3 is 14.3 Å². The first kappa shape index (κ1) is 21.8. The molecule has 0 bridgehead atoms. The van der Waals surface area contributed by atoms with Crippen LogP contribution in [0.2, 0.25) is 0 Å². The van der Waals surface area contributed by atoms with Crippen molar-refractivity contribution in [3.63, 3.8) is 0 Å². The van der Waals surface area contributed by atoms with Crippen LogP contribution in [0.4, 0.5) is 5.69 Å². The predicted molar refractivity (Wildman–Crippen MR) is 126 cm³/mol. The molecule has 1 aromatic carbocycles. The van der Waals surface area contributed by atoms with Crippen LogP contribution in [0.1, 0.15) is 24.8 Å². The van der Waals surface area contributed by atoms with E-state index in [9.17, 15) is 9.59 Å². The van der Waals surface area contributed by atoms with Crippen molar-refractivity contribution in [3.8, 4) is 11.4 Å². The molecule has 2 saturated heterocycles. The Bertz CT molecular complexity index is 1120. The summed E-state index contributed by atoms with van der Waals surface area (Å²) < 4.78 is 5.41. The van der Waals surface area contributed by atoms with Gasteiger partial charge >= 0.3 is 0 Å². The van der Waals surface area contributed by atoms with E-state index in [1.807, 2.05) is 39.9 Å². The van der Waals surface area contributed by atoms with Gasteiger partial charge in [-0.25, -0.2) is 0 Å². The molecule has 2 aliphatic rings. The summed E-state index contributed by atoms with van der Waals surface area (Å²) in [5.74, 6) is 1.02. The highest BCUT2D eigenvalue weighted by Crippen LogP contribution is 2.27. The van der Waals surface area contributed by atoms with Crippen LogP contribution in [-0.4, -0.2) is 64.5 Å². The van der Waals surface area contributed by atoms with Gasteiger partial charge in [0.2, 0.25) is 23.5 Å². The number of amides is 2. The van der Waals surface area contributed by atoms with Crippen LogP contribution in [0, 0.1) is 5.92 Å². The summed E-state index contributed by atoms with van der Waals surface area (Å²) in [6.45, 7) is 5.88. The Labute approximate surface area is 196 Å². The van der Waals surface area contributed by atoms with E-state index in [2.05, 4.69) is 28.0 Å². The third kappa shape index (κ3) is 4.69. The van der Waals surface area contributed by atoms with Crippen molar-refractivity contribution in [2.45, 2.75) is 26.3 Å². The van der Waals surface area contributed by atoms with Crippen LogP contribution >= 0.6 is 11.3 Å². The fourth-order valence-corrected chi connectivity index (χ4v) is 5.11. The van der Waals surface area contributed by atoms with Crippen molar-refractivity contribution < 1.29 is 14.1 Å². The summed E-state index contributed by atoms with van der Waals surface area (Å²) in [7, 11) is 0. The van der Waals surface area contributed by atoms with Crippen LogP contribution in [0.5, 0.6) is 0 Å². The molecule has 2 aliphatic heterocycles. The number of hydrogen-bond acceptors (Lipinski definition) is 7. The Balaban J connectivity index is 1.14. The van der Waals surface area contributed by atoms with E-state index < -0.39 is 0 Å². The lowest BCUT2D eigenvalue weighted by Gasteiger charge is -2.35. The number of anilines is 1. The third-order valence-electron chi connectivity index (χ3n) is 6.40. The molecular weight excluding hydrogens is 438 g/mol. The lowest BCUT2D eigenvalue weighted by molar-refractivity contribution is -0.137. The molecule has 9 heteroatoms. The van der Waals surface area contributed by atoms with Crippen LogP contribution in [-0.2, 0) is 22.6 Å². The Morgan fingerprint density at radius 1 is 1.21 bits per heavy atom. The Kier molecular flexibility index (Phi) is 6.24. The van der Waals surface area contributed by atoms with E-state index in [0.29, 0.717) is 37.9 Å². The van der Waals surface area contributed by atoms with Crippen molar-refractivity contribution >= 4 is 28.8 Å². The molecule has 2 fully saturated rings. The first-order valence-corrected chi connectivity index (χ1v) is 12.3. The number of nitrogens with zero attached hydrogens (tertiary/aromatic N) is 5. The molecule has 2 aromatic heterocycles. The normalized spacial score (nSPS) is 19.4. The highest BCUT2D eigenvalue weighted by Gasteiger charge is 2.38. The largest absolute Gasteiger partial charge is 0.340 e. The smallest absolute Gasteiger partial charge is 0.241 e. The lowest BCUT2D eigenvalue weighted by atomic mass is 10.1. The fraction of sp³-hybridized carbons (Fsp3) is 0.417. The van der Waals surface area contributed by atoms with Gasteiger partial charge in [-0.2, -0.15) is 16.3 Å². The van der Waals surface area contributed by atoms with E-state index in [1.54, 1.807) is 16.2 Å². The fourth-order valence-electron chi connectivity index (χ4n) is 4.47. The van der Waals surface area contributed by atoms with Gasteiger partial charge in [0.25, 0.3) is 0 Å². The quantitative estimate of drug-likeness (QED) is 0.557. The van der Waals surface area contributed by atoms with Crippen molar-refractivity contribution in [2.24, 2.45) is 5.92 Å². The van der Waals surface area contributed by atoms with E-state index in [0.717, 1.165) is 30.8 Å². The standard InChI is InChI=1S/C24H27N5O3S/c1-2-17-4-3-5-20(12-17)29-14-19(13-22(29)30)24(31)28-9-7-27(8-10-28)15-21-25-23(26-32-21)18-6-11-33-16-18/h3-6,11-12,16,19H,2,7-10,13-15H2,1H3. The van der Waals surface area contributed by atoms with Crippen molar-refractivity contribution in [3.05, 3.63) is 52.5 Å². The number of carbonyl (C=O) groups excluding carboxylic acids is 2. The number of piperazine rings is 1. The number of aryl methyl sites for hydroxylation is 1.